The highest BCUT2D eigenvalue weighted by Gasteiger charge is 2.06. The van der Waals surface area contributed by atoms with E-state index in [-0.39, 0.29) is 0 Å². The second-order valence-electron chi connectivity index (χ2n) is 3.31. The Morgan fingerprint density at radius 1 is 1.19 bits per heavy atom. The zero-order valence-electron chi connectivity index (χ0n) is 9.65. The highest BCUT2D eigenvalue weighted by atomic mass is 79.9. The minimum absolute atomic E-state index is 0.682. The third kappa shape index (κ3) is 4.47. The largest absolute Gasteiger partial charge is 0.383 e. The number of methoxy groups -OCH3 is 2. The van der Waals surface area contributed by atoms with Crippen molar-refractivity contribution < 1.29 is 9.47 Å². The Labute approximate surface area is 105 Å². The molecule has 0 aromatic carbocycles. The van der Waals surface area contributed by atoms with Crippen molar-refractivity contribution in [3.05, 3.63) is 22.8 Å². The number of aromatic nitrogens is 1. The fourth-order valence-electron chi connectivity index (χ4n) is 1.30. The SMILES string of the molecule is COCCN(CCOC)c1ccc(Br)cn1. The average Bonchev–Trinajstić information content (AvgIpc) is 2.31. The van der Waals surface area contributed by atoms with Gasteiger partial charge in [0, 0.05) is 38.0 Å². The molecule has 0 saturated heterocycles. The van der Waals surface area contributed by atoms with Crippen LogP contribution in [-0.2, 0) is 9.47 Å². The Morgan fingerprint density at radius 2 is 1.81 bits per heavy atom. The molecule has 0 spiro atoms. The van der Waals surface area contributed by atoms with Crippen molar-refractivity contribution in [2.75, 3.05) is 45.4 Å². The van der Waals surface area contributed by atoms with E-state index in [0.717, 1.165) is 23.4 Å². The molecule has 1 aromatic rings. The number of pyridine rings is 1. The van der Waals surface area contributed by atoms with Crippen LogP contribution in [0.5, 0.6) is 0 Å². The van der Waals surface area contributed by atoms with Crippen LogP contribution in [0.2, 0.25) is 0 Å². The van der Waals surface area contributed by atoms with Crippen molar-refractivity contribution in [1.29, 1.82) is 0 Å². The number of nitrogens with zero attached hydrogens (tertiary/aromatic N) is 2. The topological polar surface area (TPSA) is 34.6 Å². The molecule has 1 rings (SSSR count). The van der Waals surface area contributed by atoms with E-state index in [9.17, 15) is 0 Å². The lowest BCUT2D eigenvalue weighted by Crippen LogP contribution is -2.31. The summed E-state index contributed by atoms with van der Waals surface area (Å²) >= 11 is 3.37. The van der Waals surface area contributed by atoms with E-state index in [1.165, 1.54) is 0 Å². The van der Waals surface area contributed by atoms with Crippen LogP contribution < -0.4 is 4.90 Å². The van der Waals surface area contributed by atoms with E-state index in [1.54, 1.807) is 20.4 Å². The molecule has 1 aromatic heterocycles. The van der Waals surface area contributed by atoms with Crippen molar-refractivity contribution in [2.24, 2.45) is 0 Å². The molecule has 0 aliphatic rings. The molecule has 5 heteroatoms. The smallest absolute Gasteiger partial charge is 0.128 e. The van der Waals surface area contributed by atoms with Crippen LogP contribution in [-0.4, -0.2) is 45.5 Å². The molecule has 0 aliphatic carbocycles. The summed E-state index contributed by atoms with van der Waals surface area (Å²) < 4.78 is 11.1. The molecule has 16 heavy (non-hydrogen) atoms. The highest BCUT2D eigenvalue weighted by molar-refractivity contribution is 9.10. The van der Waals surface area contributed by atoms with Crippen molar-refractivity contribution >= 4 is 21.7 Å². The first kappa shape index (κ1) is 13.4. The Kier molecular flexibility index (Phi) is 6.37. The van der Waals surface area contributed by atoms with Crippen molar-refractivity contribution in [3.63, 3.8) is 0 Å². The maximum absolute atomic E-state index is 5.08. The summed E-state index contributed by atoms with van der Waals surface area (Å²) in [6.45, 7) is 2.99. The molecule has 0 amide bonds. The van der Waals surface area contributed by atoms with E-state index < -0.39 is 0 Å². The van der Waals surface area contributed by atoms with Gasteiger partial charge in [-0.1, -0.05) is 0 Å². The fourth-order valence-corrected chi connectivity index (χ4v) is 1.53. The van der Waals surface area contributed by atoms with Gasteiger partial charge in [0.1, 0.15) is 5.82 Å². The fraction of sp³-hybridized carbons (Fsp3) is 0.545. The summed E-state index contributed by atoms with van der Waals surface area (Å²) in [7, 11) is 3.40. The first-order valence-corrected chi connectivity index (χ1v) is 5.91. The van der Waals surface area contributed by atoms with Gasteiger partial charge >= 0.3 is 0 Å². The molecule has 90 valence electrons. The van der Waals surface area contributed by atoms with Gasteiger partial charge in [-0.25, -0.2) is 4.98 Å². The molecular formula is C11H17BrN2O2. The standard InChI is InChI=1S/C11H17BrN2O2/c1-15-7-5-14(6-8-16-2)11-4-3-10(12)9-13-11/h3-4,9H,5-8H2,1-2H3. The number of hydrogen-bond acceptors (Lipinski definition) is 4. The summed E-state index contributed by atoms with van der Waals surface area (Å²) in [6, 6.07) is 3.96. The van der Waals surface area contributed by atoms with Crippen LogP contribution in [0.15, 0.2) is 22.8 Å². The van der Waals surface area contributed by atoms with Gasteiger partial charge in [0.25, 0.3) is 0 Å². The lowest BCUT2D eigenvalue weighted by molar-refractivity contribution is 0.190. The summed E-state index contributed by atoms with van der Waals surface area (Å²) in [4.78, 5) is 6.49. The Balaban J connectivity index is 2.62. The Morgan fingerprint density at radius 3 is 2.25 bits per heavy atom. The van der Waals surface area contributed by atoms with Crippen LogP contribution in [0.1, 0.15) is 0 Å². The monoisotopic (exact) mass is 288 g/mol. The van der Waals surface area contributed by atoms with E-state index >= 15 is 0 Å². The number of ether oxygens (including phenoxy) is 2. The van der Waals surface area contributed by atoms with Crippen LogP contribution >= 0.6 is 15.9 Å². The van der Waals surface area contributed by atoms with Crippen molar-refractivity contribution in [1.82, 2.24) is 4.98 Å². The summed E-state index contributed by atoms with van der Waals surface area (Å²) in [5, 5.41) is 0. The number of hydrogen-bond donors (Lipinski definition) is 0. The molecular weight excluding hydrogens is 272 g/mol. The quantitative estimate of drug-likeness (QED) is 0.768. The first-order chi connectivity index (χ1) is 7.77. The minimum Gasteiger partial charge on any atom is -0.383 e. The van der Waals surface area contributed by atoms with Crippen LogP contribution in [0.3, 0.4) is 0 Å². The van der Waals surface area contributed by atoms with Crippen LogP contribution in [0, 0.1) is 0 Å². The second-order valence-corrected chi connectivity index (χ2v) is 4.22. The number of rotatable bonds is 7. The van der Waals surface area contributed by atoms with E-state index in [4.69, 9.17) is 9.47 Å². The molecule has 0 fully saturated rings. The summed E-state index contributed by atoms with van der Waals surface area (Å²) in [6.07, 6.45) is 1.79. The summed E-state index contributed by atoms with van der Waals surface area (Å²) in [5.74, 6) is 0.942. The van der Waals surface area contributed by atoms with Crippen molar-refractivity contribution in [3.8, 4) is 0 Å². The molecule has 0 saturated carbocycles. The molecule has 0 radical (unpaired) electrons. The predicted octanol–water partition coefficient (Wildman–Crippen LogP) is 1.94. The van der Waals surface area contributed by atoms with Gasteiger partial charge in [-0.3, -0.25) is 0 Å². The number of anilines is 1. The van der Waals surface area contributed by atoms with Gasteiger partial charge < -0.3 is 14.4 Å². The van der Waals surface area contributed by atoms with Gasteiger partial charge in [-0.15, -0.1) is 0 Å². The van der Waals surface area contributed by atoms with E-state index in [2.05, 4.69) is 25.8 Å². The summed E-state index contributed by atoms with van der Waals surface area (Å²) in [5.41, 5.74) is 0. The van der Waals surface area contributed by atoms with Gasteiger partial charge in [-0.05, 0) is 28.1 Å². The molecule has 0 N–H and O–H groups in total. The zero-order valence-corrected chi connectivity index (χ0v) is 11.2. The average molecular weight is 289 g/mol. The predicted molar refractivity (Wildman–Crippen MR) is 67.9 cm³/mol. The lowest BCUT2D eigenvalue weighted by Gasteiger charge is -2.22. The third-order valence-corrected chi connectivity index (χ3v) is 2.64. The van der Waals surface area contributed by atoms with E-state index in [0.29, 0.717) is 13.2 Å². The van der Waals surface area contributed by atoms with Gasteiger partial charge in [0.2, 0.25) is 0 Å². The Hall–Kier alpha value is -0.650. The lowest BCUT2D eigenvalue weighted by atomic mass is 10.4. The van der Waals surface area contributed by atoms with Crippen LogP contribution in [0.25, 0.3) is 0 Å². The minimum atomic E-state index is 0.682. The van der Waals surface area contributed by atoms with Gasteiger partial charge in [0.15, 0.2) is 0 Å². The molecule has 1 heterocycles. The van der Waals surface area contributed by atoms with Gasteiger partial charge in [-0.2, -0.15) is 0 Å². The van der Waals surface area contributed by atoms with Crippen LogP contribution in [0.4, 0.5) is 5.82 Å². The molecule has 4 nitrogen and oxygen atoms in total. The normalized spacial score (nSPS) is 10.4. The second kappa shape index (κ2) is 7.60. The zero-order chi connectivity index (χ0) is 11.8. The Bertz CT molecular complexity index is 285. The maximum Gasteiger partial charge on any atom is 0.128 e. The third-order valence-electron chi connectivity index (χ3n) is 2.17. The van der Waals surface area contributed by atoms with E-state index in [1.807, 2.05) is 12.1 Å². The first-order valence-electron chi connectivity index (χ1n) is 5.12. The molecule has 0 unspecified atom stereocenters. The highest BCUT2D eigenvalue weighted by Crippen LogP contribution is 2.14. The maximum atomic E-state index is 5.08. The molecule has 0 aliphatic heterocycles. The number of halogens is 1. The van der Waals surface area contributed by atoms with Gasteiger partial charge in [0.05, 0.1) is 13.2 Å². The molecule has 0 atom stereocenters. The molecule has 0 bridgehead atoms. The van der Waals surface area contributed by atoms with Crippen molar-refractivity contribution in [2.45, 2.75) is 0 Å².